The molecule has 3 heterocycles. The first-order valence-electron chi connectivity index (χ1n) is 14.5. The SMILES string of the molecule is CCOc1cc(C(=O)N2CCC3(CC2)CC(=O)c2cc(-c4cccc(C(=O)O)c4)ccc2O3)cc(OC)c1-c1cnn(C)c1.[NaH]. The van der Waals surface area contributed by atoms with Crippen molar-refractivity contribution in [2.45, 2.75) is 31.8 Å². The Hall–Kier alpha value is -4.12. The Kier molecular flexibility index (Phi) is 9.38. The predicted molar refractivity (Wildman–Crippen MR) is 170 cm³/mol. The Morgan fingerprint density at radius 1 is 1.00 bits per heavy atom. The number of hydrogen-bond acceptors (Lipinski definition) is 7. The van der Waals surface area contributed by atoms with Crippen molar-refractivity contribution >= 4 is 47.2 Å². The van der Waals surface area contributed by atoms with E-state index in [2.05, 4.69) is 5.10 Å². The number of Topliss-reactive ketones (excluding diaryl/α,β-unsaturated/α-hetero) is 1. The van der Waals surface area contributed by atoms with Crippen molar-refractivity contribution in [1.29, 1.82) is 0 Å². The van der Waals surface area contributed by atoms with Gasteiger partial charge in [0.05, 0.1) is 43.0 Å². The molecular weight excluding hydrogens is 585 g/mol. The molecule has 45 heavy (non-hydrogen) atoms. The van der Waals surface area contributed by atoms with Crippen LogP contribution in [0.4, 0.5) is 0 Å². The Morgan fingerprint density at radius 2 is 1.73 bits per heavy atom. The quantitative estimate of drug-likeness (QED) is 0.292. The summed E-state index contributed by atoms with van der Waals surface area (Å²) in [7, 11) is 3.40. The van der Waals surface area contributed by atoms with Crippen LogP contribution in [0, 0.1) is 0 Å². The van der Waals surface area contributed by atoms with Crippen LogP contribution in [0.3, 0.4) is 0 Å². The van der Waals surface area contributed by atoms with E-state index < -0.39 is 11.6 Å². The van der Waals surface area contributed by atoms with Gasteiger partial charge in [0.15, 0.2) is 5.78 Å². The summed E-state index contributed by atoms with van der Waals surface area (Å²) >= 11 is 0. The number of hydrogen-bond donors (Lipinski definition) is 1. The number of likely N-dealkylation sites (tertiary alicyclic amines) is 1. The molecule has 0 radical (unpaired) electrons. The zero-order valence-corrected chi connectivity index (χ0v) is 24.8. The molecule has 11 heteroatoms. The van der Waals surface area contributed by atoms with E-state index in [4.69, 9.17) is 14.2 Å². The molecule has 1 spiro atoms. The van der Waals surface area contributed by atoms with E-state index in [1.165, 1.54) is 6.07 Å². The minimum absolute atomic E-state index is 0. The third-order valence-corrected chi connectivity index (χ3v) is 8.32. The molecule has 2 aliphatic rings. The molecule has 0 aliphatic carbocycles. The first-order chi connectivity index (χ1) is 21.2. The standard InChI is InChI=1S/C34H33N3O7.Na.H/c1-4-43-30-17-24(16-29(42-3)31(30)25-19-35-36(2)20-25)32(39)37-12-10-34(11-13-37)18-27(38)26-15-22(8-9-28(26)44-34)21-6-5-7-23(14-21)33(40)41;;/h5-9,14-17,19-20H,4,10-13,18H2,1-3H3,(H,40,41);;. The summed E-state index contributed by atoms with van der Waals surface area (Å²) in [6.07, 6.45) is 4.83. The first kappa shape index (κ1) is 32.3. The molecule has 0 unspecified atom stereocenters. The molecule has 0 saturated carbocycles. The number of carbonyl (C=O) groups is 3. The Labute approximate surface area is 283 Å². The molecule has 1 fully saturated rings. The molecule has 3 aromatic carbocycles. The molecule has 2 aliphatic heterocycles. The second kappa shape index (κ2) is 13.1. The molecular formula is C34H34N3NaO7. The van der Waals surface area contributed by atoms with Crippen LogP contribution in [0.2, 0.25) is 0 Å². The van der Waals surface area contributed by atoms with Crippen molar-refractivity contribution in [1.82, 2.24) is 14.7 Å². The number of methoxy groups -OCH3 is 1. The summed E-state index contributed by atoms with van der Waals surface area (Å²) in [5, 5.41) is 13.6. The molecule has 228 valence electrons. The molecule has 4 aromatic rings. The van der Waals surface area contributed by atoms with Crippen LogP contribution in [-0.4, -0.2) is 99.4 Å². The molecule has 1 amide bonds. The molecule has 1 aromatic heterocycles. The summed E-state index contributed by atoms with van der Waals surface area (Å²) in [6, 6.07) is 15.5. The first-order valence-corrected chi connectivity index (χ1v) is 14.5. The molecule has 6 rings (SSSR count). The number of carbonyl (C=O) groups excluding carboxylic acids is 2. The number of ketones is 1. The molecule has 0 atom stereocenters. The van der Waals surface area contributed by atoms with Gasteiger partial charge in [0.2, 0.25) is 0 Å². The third-order valence-electron chi connectivity index (χ3n) is 8.32. The predicted octanol–water partition coefficient (Wildman–Crippen LogP) is 4.85. The van der Waals surface area contributed by atoms with Gasteiger partial charge in [-0.3, -0.25) is 14.3 Å². The van der Waals surface area contributed by atoms with Crippen LogP contribution < -0.4 is 14.2 Å². The number of rotatable bonds is 7. The fourth-order valence-electron chi connectivity index (χ4n) is 6.06. The molecule has 10 nitrogen and oxygen atoms in total. The number of carboxylic acids is 1. The van der Waals surface area contributed by atoms with Gasteiger partial charge >= 0.3 is 35.5 Å². The van der Waals surface area contributed by atoms with Crippen LogP contribution in [-0.2, 0) is 7.05 Å². The summed E-state index contributed by atoms with van der Waals surface area (Å²) in [5.74, 6) is 0.394. The van der Waals surface area contributed by atoms with Crippen molar-refractivity contribution < 1.29 is 33.7 Å². The van der Waals surface area contributed by atoms with E-state index in [0.717, 1.165) is 16.7 Å². The van der Waals surface area contributed by atoms with Gasteiger partial charge in [-0.15, -0.1) is 0 Å². The number of piperidine rings is 1. The minimum atomic E-state index is -1.01. The van der Waals surface area contributed by atoms with Crippen LogP contribution in [0.25, 0.3) is 22.3 Å². The number of benzene rings is 3. The summed E-state index contributed by atoms with van der Waals surface area (Å²) in [6.45, 7) is 3.17. The van der Waals surface area contributed by atoms with E-state index >= 15 is 0 Å². The number of carboxylic acid groups (broad SMARTS) is 1. The van der Waals surface area contributed by atoms with Gasteiger partial charge < -0.3 is 24.2 Å². The van der Waals surface area contributed by atoms with E-state index in [-0.39, 0.29) is 53.2 Å². The van der Waals surface area contributed by atoms with E-state index in [1.54, 1.807) is 59.3 Å². The normalized spacial score (nSPS) is 15.1. The number of ether oxygens (including phenoxy) is 3. The van der Waals surface area contributed by atoms with Crippen molar-refractivity contribution in [3.63, 3.8) is 0 Å². The second-order valence-electron chi connectivity index (χ2n) is 11.2. The van der Waals surface area contributed by atoms with E-state index in [0.29, 0.717) is 66.5 Å². The zero-order valence-electron chi connectivity index (χ0n) is 24.8. The Balaban J connectivity index is 0.00000400. The number of amides is 1. The fraction of sp³-hybridized carbons (Fsp3) is 0.294. The maximum atomic E-state index is 13.7. The van der Waals surface area contributed by atoms with E-state index in [1.807, 2.05) is 32.3 Å². The summed E-state index contributed by atoms with van der Waals surface area (Å²) in [4.78, 5) is 40.3. The molecule has 1 N–H and O–H groups in total. The van der Waals surface area contributed by atoms with Gasteiger partial charge in [0.1, 0.15) is 22.8 Å². The molecule has 1 saturated heterocycles. The van der Waals surface area contributed by atoms with Crippen molar-refractivity contribution in [2.24, 2.45) is 7.05 Å². The van der Waals surface area contributed by atoms with Crippen LogP contribution >= 0.6 is 0 Å². The average Bonchev–Trinajstić information content (AvgIpc) is 3.46. The van der Waals surface area contributed by atoms with Gasteiger partial charge in [-0.25, -0.2) is 4.79 Å². The number of aryl methyl sites for hydroxylation is 1. The van der Waals surface area contributed by atoms with Crippen LogP contribution in [0.5, 0.6) is 17.2 Å². The van der Waals surface area contributed by atoms with Gasteiger partial charge in [0.25, 0.3) is 5.91 Å². The number of nitrogens with zero attached hydrogens (tertiary/aromatic N) is 3. The van der Waals surface area contributed by atoms with Crippen molar-refractivity contribution in [3.05, 3.63) is 83.7 Å². The van der Waals surface area contributed by atoms with Crippen LogP contribution in [0.1, 0.15) is 57.3 Å². The van der Waals surface area contributed by atoms with Gasteiger partial charge in [0, 0.05) is 50.3 Å². The Morgan fingerprint density at radius 3 is 2.40 bits per heavy atom. The van der Waals surface area contributed by atoms with Gasteiger partial charge in [-0.1, -0.05) is 18.2 Å². The van der Waals surface area contributed by atoms with Gasteiger partial charge in [-0.05, 0) is 54.4 Å². The summed E-state index contributed by atoms with van der Waals surface area (Å²) < 4.78 is 19.8. The fourth-order valence-corrected chi connectivity index (χ4v) is 6.06. The average molecular weight is 620 g/mol. The van der Waals surface area contributed by atoms with E-state index in [9.17, 15) is 19.5 Å². The molecule has 0 bridgehead atoms. The van der Waals surface area contributed by atoms with Crippen molar-refractivity contribution in [2.75, 3.05) is 26.8 Å². The number of fused-ring (bicyclic) bond motifs is 1. The maximum absolute atomic E-state index is 13.7. The summed E-state index contributed by atoms with van der Waals surface area (Å²) in [5.41, 5.74) is 3.45. The van der Waals surface area contributed by atoms with Crippen molar-refractivity contribution in [3.8, 4) is 39.5 Å². The third kappa shape index (κ3) is 6.36. The number of aromatic nitrogens is 2. The zero-order chi connectivity index (χ0) is 31.0. The topological polar surface area (TPSA) is 120 Å². The Bertz CT molecular complexity index is 1780. The second-order valence-corrected chi connectivity index (χ2v) is 11.2. The monoisotopic (exact) mass is 619 g/mol. The number of aromatic carboxylic acids is 1. The van der Waals surface area contributed by atoms with Gasteiger partial charge in [-0.2, -0.15) is 5.10 Å². The van der Waals surface area contributed by atoms with Crippen LogP contribution in [0.15, 0.2) is 67.0 Å².